The van der Waals surface area contributed by atoms with Gasteiger partial charge in [0.25, 0.3) is 11.5 Å². The molecule has 1 amide bonds. The van der Waals surface area contributed by atoms with Crippen molar-refractivity contribution in [3.8, 4) is 17.3 Å². The van der Waals surface area contributed by atoms with E-state index in [1.807, 2.05) is 17.9 Å². The molecule has 1 aliphatic heterocycles. The van der Waals surface area contributed by atoms with E-state index in [9.17, 15) is 9.59 Å². The highest BCUT2D eigenvalue weighted by Gasteiger charge is 2.24. The Bertz CT molecular complexity index is 1380. The van der Waals surface area contributed by atoms with E-state index in [0.29, 0.717) is 40.4 Å². The normalized spacial score (nSPS) is 13.6. The number of pyridine rings is 1. The lowest BCUT2D eigenvalue weighted by Gasteiger charge is -2.19. The Balaban J connectivity index is 1.47. The number of nitrogens with one attached hydrogen (secondary N) is 1. The summed E-state index contributed by atoms with van der Waals surface area (Å²) in [5, 5.41) is 1.74. The Hall–Kier alpha value is -3.52. The molecule has 0 saturated heterocycles. The third-order valence-electron chi connectivity index (χ3n) is 5.87. The fourth-order valence-corrected chi connectivity index (χ4v) is 5.05. The minimum absolute atomic E-state index is 0.0992. The van der Waals surface area contributed by atoms with Gasteiger partial charge >= 0.3 is 0 Å². The number of carbonyl (C=O) groups is 1. The largest absolute Gasteiger partial charge is 0.496 e. The molecule has 4 heterocycles. The van der Waals surface area contributed by atoms with E-state index < -0.39 is 0 Å². The van der Waals surface area contributed by atoms with Crippen LogP contribution in [0.15, 0.2) is 46.7 Å². The van der Waals surface area contributed by atoms with Gasteiger partial charge in [0.1, 0.15) is 21.7 Å². The second-order valence-electron chi connectivity index (χ2n) is 7.84. The molecule has 0 unspecified atom stereocenters. The Kier molecular flexibility index (Phi) is 5.22. The number of fused-ring (bicyclic) bond motifs is 2. The lowest BCUT2D eigenvalue weighted by Crippen LogP contribution is -2.33. The smallest absolute Gasteiger partial charge is 0.269 e. The molecule has 0 bridgehead atoms. The second kappa shape index (κ2) is 8.20. The van der Waals surface area contributed by atoms with E-state index in [2.05, 4.69) is 27.1 Å². The molecule has 1 aromatic carbocycles. The molecule has 1 aliphatic rings. The lowest BCUT2D eigenvalue weighted by atomic mass is 10.00. The third-order valence-corrected chi connectivity index (χ3v) is 6.84. The zero-order chi connectivity index (χ0) is 22.2. The van der Waals surface area contributed by atoms with Crippen molar-refractivity contribution in [2.24, 2.45) is 0 Å². The molecule has 7 nitrogen and oxygen atoms in total. The molecule has 162 valence electrons. The van der Waals surface area contributed by atoms with E-state index in [1.165, 1.54) is 22.5 Å². The molecule has 4 aromatic rings. The van der Waals surface area contributed by atoms with Crippen LogP contribution in [0.1, 0.15) is 27.0 Å². The number of amides is 1. The number of aromatic nitrogens is 3. The van der Waals surface area contributed by atoms with Gasteiger partial charge in [-0.15, -0.1) is 11.3 Å². The van der Waals surface area contributed by atoms with Gasteiger partial charge in [-0.05, 0) is 54.7 Å². The maximum atomic E-state index is 13.5. The molecule has 5 rings (SSSR count). The molecular weight excluding hydrogens is 424 g/mol. The van der Waals surface area contributed by atoms with Crippen LogP contribution in [-0.4, -0.2) is 46.0 Å². The van der Waals surface area contributed by atoms with Crippen LogP contribution in [0.2, 0.25) is 0 Å². The topological polar surface area (TPSA) is 88.2 Å². The number of aryl methyl sites for hydroxylation is 1. The van der Waals surface area contributed by atoms with Gasteiger partial charge in [-0.2, -0.15) is 0 Å². The summed E-state index contributed by atoms with van der Waals surface area (Å²) in [5.74, 6) is 1.14. The Morgan fingerprint density at radius 1 is 1.19 bits per heavy atom. The predicted molar refractivity (Wildman–Crippen MR) is 125 cm³/mol. The summed E-state index contributed by atoms with van der Waals surface area (Å²) < 4.78 is 5.92. The summed E-state index contributed by atoms with van der Waals surface area (Å²) in [5.41, 5.74) is 4.76. The summed E-state index contributed by atoms with van der Waals surface area (Å²) in [7, 11) is 1.68. The number of hydrogen-bond donors (Lipinski definition) is 1. The number of aromatic amines is 1. The summed E-state index contributed by atoms with van der Waals surface area (Å²) >= 11 is 1.25. The molecule has 0 fully saturated rings. The summed E-state index contributed by atoms with van der Waals surface area (Å²) in [6.07, 6.45) is 3.18. The van der Waals surface area contributed by atoms with Crippen LogP contribution in [0.25, 0.3) is 21.7 Å². The third kappa shape index (κ3) is 3.56. The molecule has 0 aliphatic carbocycles. The van der Waals surface area contributed by atoms with E-state index in [0.717, 1.165) is 24.2 Å². The van der Waals surface area contributed by atoms with E-state index in [-0.39, 0.29) is 11.5 Å². The number of nitrogens with zero attached hydrogens (tertiary/aromatic N) is 3. The van der Waals surface area contributed by atoms with Crippen molar-refractivity contribution in [3.05, 3.63) is 74.5 Å². The fourth-order valence-electron chi connectivity index (χ4n) is 4.18. The van der Waals surface area contributed by atoms with Gasteiger partial charge < -0.3 is 14.6 Å². The van der Waals surface area contributed by atoms with Crippen molar-refractivity contribution in [1.29, 1.82) is 0 Å². The standard InChI is InChI=1S/C24H22N4O3S/c1-14-11-15-6-9-28(10-7-16(15)12-19(14)31-2)24(30)17-13-32-21-20(17)26-22(27-23(21)29)18-5-3-4-8-25-18/h3-5,8,11-13H,6-7,9-10H2,1-2H3,(H,26,27,29). The Morgan fingerprint density at radius 3 is 2.69 bits per heavy atom. The van der Waals surface area contributed by atoms with Crippen molar-refractivity contribution in [2.75, 3.05) is 20.2 Å². The predicted octanol–water partition coefficient (Wildman–Crippen LogP) is 3.60. The fraction of sp³-hybridized carbons (Fsp3) is 0.250. The highest BCUT2D eigenvalue weighted by molar-refractivity contribution is 7.17. The zero-order valence-corrected chi connectivity index (χ0v) is 18.7. The van der Waals surface area contributed by atoms with Crippen LogP contribution < -0.4 is 10.3 Å². The van der Waals surface area contributed by atoms with Crippen LogP contribution in [0.4, 0.5) is 0 Å². The van der Waals surface area contributed by atoms with Gasteiger partial charge in [0.2, 0.25) is 0 Å². The molecule has 32 heavy (non-hydrogen) atoms. The van der Waals surface area contributed by atoms with Gasteiger partial charge in [0.15, 0.2) is 5.82 Å². The first-order chi connectivity index (χ1) is 15.5. The quantitative estimate of drug-likeness (QED) is 0.519. The number of methoxy groups -OCH3 is 1. The molecule has 0 atom stereocenters. The Morgan fingerprint density at radius 2 is 1.97 bits per heavy atom. The average molecular weight is 447 g/mol. The summed E-state index contributed by atoms with van der Waals surface area (Å²) in [6, 6.07) is 9.65. The average Bonchev–Trinajstić information content (AvgIpc) is 3.14. The number of hydrogen-bond acceptors (Lipinski definition) is 6. The summed E-state index contributed by atoms with van der Waals surface area (Å²) in [6.45, 7) is 3.25. The number of thiophene rings is 1. The van der Waals surface area contributed by atoms with Crippen molar-refractivity contribution < 1.29 is 9.53 Å². The second-order valence-corrected chi connectivity index (χ2v) is 8.72. The first kappa shape index (κ1) is 20.4. The number of ether oxygens (including phenoxy) is 1. The monoisotopic (exact) mass is 446 g/mol. The first-order valence-corrected chi connectivity index (χ1v) is 11.3. The van der Waals surface area contributed by atoms with Crippen molar-refractivity contribution in [1.82, 2.24) is 19.9 Å². The minimum atomic E-state index is -0.259. The molecule has 0 radical (unpaired) electrons. The summed E-state index contributed by atoms with van der Waals surface area (Å²) in [4.78, 5) is 39.6. The number of H-pyrrole nitrogens is 1. The van der Waals surface area contributed by atoms with Gasteiger partial charge in [0.05, 0.1) is 12.7 Å². The maximum Gasteiger partial charge on any atom is 0.269 e. The molecular formula is C24H22N4O3S. The van der Waals surface area contributed by atoms with Crippen LogP contribution in [0, 0.1) is 6.92 Å². The van der Waals surface area contributed by atoms with Crippen LogP contribution in [0.5, 0.6) is 5.75 Å². The highest BCUT2D eigenvalue weighted by atomic mass is 32.1. The lowest BCUT2D eigenvalue weighted by molar-refractivity contribution is 0.0765. The van der Waals surface area contributed by atoms with Crippen molar-refractivity contribution >= 4 is 27.5 Å². The first-order valence-electron chi connectivity index (χ1n) is 10.4. The molecule has 1 N–H and O–H groups in total. The molecule has 8 heteroatoms. The van der Waals surface area contributed by atoms with Crippen LogP contribution in [-0.2, 0) is 12.8 Å². The molecule has 0 spiro atoms. The number of rotatable bonds is 3. The van der Waals surface area contributed by atoms with E-state index in [1.54, 1.807) is 30.8 Å². The van der Waals surface area contributed by atoms with Crippen molar-refractivity contribution in [2.45, 2.75) is 19.8 Å². The SMILES string of the molecule is COc1cc2c(cc1C)CCN(C(=O)c1csc3c(=O)[nH]c(-c4ccccn4)nc13)CC2. The van der Waals surface area contributed by atoms with Crippen LogP contribution >= 0.6 is 11.3 Å². The van der Waals surface area contributed by atoms with Crippen LogP contribution in [0.3, 0.4) is 0 Å². The number of carbonyl (C=O) groups excluding carboxylic acids is 1. The van der Waals surface area contributed by atoms with Gasteiger partial charge in [-0.3, -0.25) is 14.6 Å². The van der Waals surface area contributed by atoms with E-state index >= 15 is 0 Å². The molecule has 3 aromatic heterocycles. The Labute approximate surface area is 188 Å². The zero-order valence-electron chi connectivity index (χ0n) is 17.8. The highest BCUT2D eigenvalue weighted by Crippen LogP contribution is 2.28. The number of benzene rings is 1. The maximum absolute atomic E-state index is 13.5. The van der Waals surface area contributed by atoms with Crippen molar-refractivity contribution in [3.63, 3.8) is 0 Å². The minimum Gasteiger partial charge on any atom is -0.496 e. The van der Waals surface area contributed by atoms with Gasteiger partial charge in [0, 0.05) is 24.7 Å². The molecule has 0 saturated carbocycles. The van der Waals surface area contributed by atoms with E-state index in [4.69, 9.17) is 4.74 Å². The van der Waals surface area contributed by atoms with Gasteiger partial charge in [-0.25, -0.2) is 4.98 Å². The van der Waals surface area contributed by atoms with Gasteiger partial charge in [-0.1, -0.05) is 12.1 Å².